The minimum Gasteiger partial charge on any atom is -0.352 e. The van der Waals surface area contributed by atoms with Gasteiger partial charge in [-0.1, -0.05) is 11.6 Å². The van der Waals surface area contributed by atoms with Crippen LogP contribution >= 0.6 is 11.6 Å². The standard InChI is InChI=1S/C16H12ClF3N4O/c17-13-5-11(16(18,19)20)8-24-9-12(23-15(13)24)6-14(25)22-7-10-1-3-21-4-2-10/h1-5,8-9H,6-7H2,(H,22,25). The molecule has 9 heteroatoms. The highest BCUT2D eigenvalue weighted by Crippen LogP contribution is 2.32. The van der Waals surface area contributed by atoms with E-state index in [1.165, 1.54) is 10.6 Å². The van der Waals surface area contributed by atoms with Crippen molar-refractivity contribution in [2.24, 2.45) is 0 Å². The molecule has 0 aliphatic carbocycles. The van der Waals surface area contributed by atoms with E-state index in [0.717, 1.165) is 17.8 Å². The van der Waals surface area contributed by atoms with Gasteiger partial charge in [0, 0.05) is 31.3 Å². The summed E-state index contributed by atoms with van der Waals surface area (Å²) in [6.45, 7) is 0.327. The third-order valence-electron chi connectivity index (χ3n) is 3.46. The van der Waals surface area contributed by atoms with E-state index in [4.69, 9.17) is 11.6 Å². The number of halogens is 4. The first kappa shape index (κ1) is 17.2. The zero-order valence-electron chi connectivity index (χ0n) is 12.7. The van der Waals surface area contributed by atoms with Gasteiger partial charge in [0.1, 0.15) is 0 Å². The van der Waals surface area contributed by atoms with E-state index in [1.54, 1.807) is 24.5 Å². The summed E-state index contributed by atoms with van der Waals surface area (Å²) >= 11 is 5.87. The molecule has 0 aromatic carbocycles. The van der Waals surface area contributed by atoms with Gasteiger partial charge in [-0.05, 0) is 23.8 Å². The zero-order chi connectivity index (χ0) is 18.0. The number of nitrogens with zero attached hydrogens (tertiary/aromatic N) is 3. The molecule has 3 aromatic heterocycles. The zero-order valence-corrected chi connectivity index (χ0v) is 13.5. The third kappa shape index (κ3) is 4.08. The molecule has 1 N–H and O–H groups in total. The van der Waals surface area contributed by atoms with E-state index in [-0.39, 0.29) is 23.0 Å². The van der Waals surface area contributed by atoms with Crippen molar-refractivity contribution in [2.45, 2.75) is 19.1 Å². The minimum atomic E-state index is -4.51. The number of aromatic nitrogens is 3. The maximum absolute atomic E-state index is 12.8. The van der Waals surface area contributed by atoms with Crippen molar-refractivity contribution >= 4 is 23.2 Å². The fourth-order valence-electron chi connectivity index (χ4n) is 2.28. The molecule has 0 atom stereocenters. The van der Waals surface area contributed by atoms with Gasteiger partial charge in [-0.15, -0.1) is 0 Å². The number of rotatable bonds is 4. The van der Waals surface area contributed by atoms with E-state index in [9.17, 15) is 18.0 Å². The van der Waals surface area contributed by atoms with Crippen LogP contribution in [0.3, 0.4) is 0 Å². The molecule has 5 nitrogen and oxygen atoms in total. The Morgan fingerprint density at radius 2 is 1.96 bits per heavy atom. The summed E-state index contributed by atoms with van der Waals surface area (Å²) in [7, 11) is 0. The maximum atomic E-state index is 12.8. The van der Waals surface area contributed by atoms with Crippen LogP contribution in [-0.4, -0.2) is 20.3 Å². The fraction of sp³-hybridized carbons (Fsp3) is 0.188. The van der Waals surface area contributed by atoms with Crippen LogP contribution in [-0.2, 0) is 23.9 Å². The largest absolute Gasteiger partial charge is 0.417 e. The Hall–Kier alpha value is -2.61. The van der Waals surface area contributed by atoms with Crippen LogP contribution in [0.5, 0.6) is 0 Å². The Morgan fingerprint density at radius 1 is 1.24 bits per heavy atom. The van der Waals surface area contributed by atoms with Gasteiger partial charge in [-0.2, -0.15) is 13.2 Å². The number of amides is 1. The quantitative estimate of drug-likeness (QED) is 0.769. The van der Waals surface area contributed by atoms with Crippen molar-refractivity contribution < 1.29 is 18.0 Å². The molecule has 3 heterocycles. The first-order chi connectivity index (χ1) is 11.8. The second-order valence-corrected chi connectivity index (χ2v) is 5.75. The Labute approximate surface area is 145 Å². The van der Waals surface area contributed by atoms with Crippen molar-refractivity contribution in [3.63, 3.8) is 0 Å². The van der Waals surface area contributed by atoms with Crippen molar-refractivity contribution in [3.05, 3.63) is 64.8 Å². The maximum Gasteiger partial charge on any atom is 0.417 e. The lowest BCUT2D eigenvalue weighted by molar-refractivity contribution is -0.137. The van der Waals surface area contributed by atoms with Crippen molar-refractivity contribution in [3.8, 4) is 0 Å². The highest BCUT2D eigenvalue weighted by molar-refractivity contribution is 6.33. The van der Waals surface area contributed by atoms with Crippen molar-refractivity contribution in [2.75, 3.05) is 0 Å². The van der Waals surface area contributed by atoms with Gasteiger partial charge >= 0.3 is 6.18 Å². The van der Waals surface area contributed by atoms with Crippen LogP contribution in [0.15, 0.2) is 43.0 Å². The molecule has 25 heavy (non-hydrogen) atoms. The summed E-state index contributed by atoms with van der Waals surface area (Å²) in [4.78, 5) is 20.0. The molecule has 0 unspecified atom stereocenters. The van der Waals surface area contributed by atoms with Gasteiger partial charge < -0.3 is 9.72 Å². The van der Waals surface area contributed by atoms with Gasteiger partial charge in [0.15, 0.2) is 5.65 Å². The second kappa shape index (κ2) is 6.72. The fourth-order valence-corrected chi connectivity index (χ4v) is 2.53. The first-order valence-corrected chi connectivity index (χ1v) is 7.60. The predicted molar refractivity (Wildman–Crippen MR) is 85.0 cm³/mol. The molecule has 3 aromatic rings. The smallest absolute Gasteiger partial charge is 0.352 e. The van der Waals surface area contributed by atoms with E-state index in [1.807, 2.05) is 0 Å². The third-order valence-corrected chi connectivity index (χ3v) is 3.74. The molecule has 1 amide bonds. The molecule has 0 aliphatic rings. The predicted octanol–water partition coefficient (Wildman–Crippen LogP) is 3.26. The Balaban J connectivity index is 1.73. The summed E-state index contributed by atoms with van der Waals surface area (Å²) in [5, 5.41) is 2.59. The van der Waals surface area contributed by atoms with Crippen molar-refractivity contribution in [1.82, 2.24) is 19.7 Å². The van der Waals surface area contributed by atoms with Crippen LogP contribution in [0.4, 0.5) is 13.2 Å². The number of hydrogen-bond donors (Lipinski definition) is 1. The van der Waals surface area contributed by atoms with E-state index >= 15 is 0 Å². The van der Waals surface area contributed by atoms with Crippen LogP contribution in [0, 0.1) is 0 Å². The highest BCUT2D eigenvalue weighted by Gasteiger charge is 2.31. The molecule has 0 bridgehead atoms. The number of carbonyl (C=O) groups excluding carboxylic acids is 1. The Morgan fingerprint density at radius 3 is 2.64 bits per heavy atom. The molecular weight excluding hydrogens is 357 g/mol. The van der Waals surface area contributed by atoms with Crippen LogP contribution in [0.1, 0.15) is 16.8 Å². The highest BCUT2D eigenvalue weighted by atomic mass is 35.5. The van der Waals surface area contributed by atoms with Gasteiger partial charge in [0.25, 0.3) is 0 Å². The molecule has 0 radical (unpaired) electrons. The second-order valence-electron chi connectivity index (χ2n) is 5.35. The van der Waals surface area contributed by atoms with Gasteiger partial charge in [0.05, 0.1) is 22.7 Å². The molecule has 0 fully saturated rings. The lowest BCUT2D eigenvalue weighted by Gasteiger charge is -2.07. The molecule has 3 rings (SSSR count). The number of fused-ring (bicyclic) bond motifs is 1. The number of pyridine rings is 2. The van der Waals surface area contributed by atoms with E-state index in [0.29, 0.717) is 12.2 Å². The number of hydrogen-bond acceptors (Lipinski definition) is 3. The summed E-state index contributed by atoms with van der Waals surface area (Å²) in [6, 6.07) is 4.35. The normalized spacial score (nSPS) is 11.7. The summed E-state index contributed by atoms with van der Waals surface area (Å²) in [5.74, 6) is -0.299. The van der Waals surface area contributed by atoms with Crippen LogP contribution in [0.2, 0.25) is 5.02 Å². The molecular formula is C16H12ClF3N4O. The lowest BCUT2D eigenvalue weighted by atomic mass is 10.2. The monoisotopic (exact) mass is 368 g/mol. The van der Waals surface area contributed by atoms with Gasteiger partial charge in [-0.25, -0.2) is 4.98 Å². The van der Waals surface area contributed by atoms with Gasteiger partial charge in [-0.3, -0.25) is 9.78 Å². The Bertz CT molecular complexity index is 909. The summed E-state index contributed by atoms with van der Waals surface area (Å²) in [6.07, 6.45) is 0.914. The van der Waals surface area contributed by atoms with Crippen molar-refractivity contribution in [1.29, 1.82) is 0 Å². The number of imidazole rings is 1. The molecule has 0 spiro atoms. The van der Waals surface area contributed by atoms with Crippen LogP contribution in [0.25, 0.3) is 5.65 Å². The molecule has 0 saturated heterocycles. The SMILES string of the molecule is O=C(Cc1cn2cc(C(F)(F)F)cc(Cl)c2n1)NCc1ccncc1. The number of carbonyl (C=O) groups is 1. The number of nitrogens with one attached hydrogen (secondary N) is 1. The first-order valence-electron chi connectivity index (χ1n) is 7.23. The molecule has 0 saturated carbocycles. The van der Waals surface area contributed by atoms with Gasteiger partial charge in [0.2, 0.25) is 5.91 Å². The topological polar surface area (TPSA) is 59.3 Å². The Kier molecular flexibility index (Phi) is 4.63. The molecule has 0 aliphatic heterocycles. The average Bonchev–Trinajstić information content (AvgIpc) is 2.96. The summed E-state index contributed by atoms with van der Waals surface area (Å²) < 4.78 is 39.6. The summed E-state index contributed by atoms with van der Waals surface area (Å²) in [5.41, 5.74) is 0.507. The van der Waals surface area contributed by atoms with E-state index in [2.05, 4.69) is 15.3 Å². The van der Waals surface area contributed by atoms with E-state index < -0.39 is 11.7 Å². The minimum absolute atomic E-state index is 0.0650. The lowest BCUT2D eigenvalue weighted by Crippen LogP contribution is -2.24. The molecule has 130 valence electrons. The average molecular weight is 369 g/mol. The van der Waals surface area contributed by atoms with Crippen LogP contribution < -0.4 is 5.32 Å². The number of alkyl halides is 3.